The van der Waals surface area contributed by atoms with Gasteiger partial charge in [-0.3, -0.25) is 4.98 Å². The highest BCUT2D eigenvalue weighted by atomic mass is 15.4. The summed E-state index contributed by atoms with van der Waals surface area (Å²) in [5.74, 6) is 0. The Morgan fingerprint density at radius 2 is 2.04 bits per heavy atom. The highest BCUT2D eigenvalue weighted by Gasteiger charge is 2.09. The van der Waals surface area contributed by atoms with Crippen LogP contribution in [0.4, 0.5) is 0 Å². The second kappa shape index (κ2) is 6.71. The highest BCUT2D eigenvalue weighted by Crippen LogP contribution is 2.18. The van der Waals surface area contributed by atoms with Gasteiger partial charge in [-0.15, -0.1) is 5.10 Å². The minimum absolute atomic E-state index is 0.502. The van der Waals surface area contributed by atoms with Gasteiger partial charge in [0.25, 0.3) is 0 Å². The molecular formula is C19H17N9. The number of imidazole rings is 1. The molecule has 0 radical (unpaired) electrons. The molecule has 5 heterocycles. The number of hydrogen-bond donors (Lipinski definition) is 1. The summed E-state index contributed by atoms with van der Waals surface area (Å²) < 4.78 is 5.50. The van der Waals surface area contributed by atoms with E-state index in [-0.39, 0.29) is 0 Å². The summed E-state index contributed by atoms with van der Waals surface area (Å²) in [6.07, 6.45) is 13.0. The predicted molar refractivity (Wildman–Crippen MR) is 103 cm³/mol. The largest absolute Gasteiger partial charge is 0.326 e. The molecule has 0 aromatic carbocycles. The topological polar surface area (TPSA) is 105 Å². The van der Waals surface area contributed by atoms with Crippen molar-refractivity contribution in [1.29, 1.82) is 0 Å². The fourth-order valence-electron chi connectivity index (χ4n) is 3.08. The molecule has 0 atom stereocenters. The molecule has 0 aliphatic rings. The first-order valence-corrected chi connectivity index (χ1v) is 8.81. The molecule has 5 aromatic rings. The Hall–Kier alpha value is -3.85. The number of hydrogen-bond acceptors (Lipinski definition) is 6. The van der Waals surface area contributed by atoms with E-state index in [2.05, 4.69) is 25.4 Å². The zero-order valence-electron chi connectivity index (χ0n) is 14.9. The summed E-state index contributed by atoms with van der Waals surface area (Å²) >= 11 is 0. The van der Waals surface area contributed by atoms with Gasteiger partial charge in [-0.25, -0.2) is 14.3 Å². The average molecular weight is 371 g/mol. The van der Waals surface area contributed by atoms with Crippen molar-refractivity contribution in [2.45, 2.75) is 13.1 Å². The van der Waals surface area contributed by atoms with E-state index in [1.165, 1.54) is 0 Å². The van der Waals surface area contributed by atoms with Crippen molar-refractivity contribution in [3.05, 3.63) is 78.9 Å². The summed E-state index contributed by atoms with van der Waals surface area (Å²) in [6, 6.07) is 7.80. The average Bonchev–Trinajstić information content (AvgIpc) is 3.48. The Balaban J connectivity index is 1.40. The predicted octanol–water partition coefficient (Wildman–Crippen LogP) is 1.68. The van der Waals surface area contributed by atoms with E-state index in [1.54, 1.807) is 28.0 Å². The summed E-state index contributed by atoms with van der Waals surface area (Å²) in [6.45, 7) is 1.03. The van der Waals surface area contributed by atoms with E-state index in [9.17, 15) is 0 Å². The number of pyridine rings is 2. The molecule has 138 valence electrons. The van der Waals surface area contributed by atoms with E-state index in [0.29, 0.717) is 13.1 Å². The van der Waals surface area contributed by atoms with Crippen LogP contribution >= 0.6 is 0 Å². The SMILES string of the molecule is NCc1ccc2nc(Cn3cc(-c4cncc(-n5cccn5)c4)nn3)cn2c1. The molecule has 28 heavy (non-hydrogen) atoms. The van der Waals surface area contributed by atoms with Crippen LogP contribution in [0.25, 0.3) is 22.6 Å². The Kier molecular flexibility index (Phi) is 3.91. The summed E-state index contributed by atoms with van der Waals surface area (Å²) in [5, 5.41) is 12.7. The third kappa shape index (κ3) is 3.03. The van der Waals surface area contributed by atoms with Crippen molar-refractivity contribution < 1.29 is 0 Å². The summed E-state index contributed by atoms with van der Waals surface area (Å²) in [4.78, 5) is 8.91. The zero-order chi connectivity index (χ0) is 18.9. The van der Waals surface area contributed by atoms with Crippen LogP contribution < -0.4 is 5.73 Å². The maximum Gasteiger partial charge on any atom is 0.137 e. The molecule has 5 rings (SSSR count). The van der Waals surface area contributed by atoms with E-state index >= 15 is 0 Å². The van der Waals surface area contributed by atoms with Crippen molar-refractivity contribution in [3.8, 4) is 16.9 Å². The van der Waals surface area contributed by atoms with Crippen LogP contribution in [-0.2, 0) is 13.1 Å². The first-order valence-electron chi connectivity index (χ1n) is 8.81. The molecule has 9 heteroatoms. The van der Waals surface area contributed by atoms with Gasteiger partial charge < -0.3 is 10.1 Å². The van der Waals surface area contributed by atoms with Crippen molar-refractivity contribution in [2.75, 3.05) is 0 Å². The lowest BCUT2D eigenvalue weighted by molar-refractivity contribution is 0.641. The molecule has 9 nitrogen and oxygen atoms in total. The molecule has 0 unspecified atom stereocenters. The molecular weight excluding hydrogens is 354 g/mol. The standard InChI is InChI=1S/C19H17N9/c20-7-14-2-3-19-23-16(11-26(19)10-14)12-27-13-18(24-25-27)15-6-17(9-21-8-15)28-5-1-4-22-28/h1-6,8-11,13H,7,12,20H2. The lowest BCUT2D eigenvalue weighted by atomic mass is 10.2. The Bertz CT molecular complexity index is 1230. The van der Waals surface area contributed by atoms with Crippen molar-refractivity contribution in [1.82, 2.24) is 39.1 Å². The molecule has 0 aliphatic heterocycles. The number of fused-ring (bicyclic) bond motifs is 1. The molecule has 0 amide bonds. The Labute approximate surface area is 160 Å². The second-order valence-corrected chi connectivity index (χ2v) is 6.42. The van der Waals surface area contributed by atoms with E-state index in [1.807, 2.05) is 53.5 Å². The Morgan fingerprint density at radius 1 is 1.07 bits per heavy atom. The highest BCUT2D eigenvalue weighted by molar-refractivity contribution is 5.59. The van der Waals surface area contributed by atoms with Crippen LogP contribution in [0.3, 0.4) is 0 Å². The lowest BCUT2D eigenvalue weighted by Gasteiger charge is -2.02. The summed E-state index contributed by atoms with van der Waals surface area (Å²) in [5.41, 5.74) is 11.0. The van der Waals surface area contributed by atoms with E-state index < -0.39 is 0 Å². The molecule has 2 N–H and O–H groups in total. The third-order valence-corrected chi connectivity index (χ3v) is 4.45. The number of nitrogens with two attached hydrogens (primary N) is 1. The van der Waals surface area contributed by atoms with Crippen molar-refractivity contribution in [2.24, 2.45) is 5.73 Å². The number of aromatic nitrogens is 8. The van der Waals surface area contributed by atoms with Crippen molar-refractivity contribution >= 4 is 5.65 Å². The number of rotatable bonds is 5. The molecule has 0 spiro atoms. The van der Waals surface area contributed by atoms with Gasteiger partial charge in [-0.05, 0) is 23.8 Å². The van der Waals surface area contributed by atoms with Gasteiger partial charge in [-0.2, -0.15) is 5.10 Å². The van der Waals surface area contributed by atoms with Gasteiger partial charge in [0.1, 0.15) is 11.3 Å². The zero-order valence-corrected chi connectivity index (χ0v) is 14.9. The maximum absolute atomic E-state index is 5.70. The normalized spacial score (nSPS) is 11.3. The quantitative estimate of drug-likeness (QED) is 0.504. The smallest absolute Gasteiger partial charge is 0.137 e. The van der Waals surface area contributed by atoms with Gasteiger partial charge in [0.05, 0.1) is 30.3 Å². The van der Waals surface area contributed by atoms with Gasteiger partial charge >= 0.3 is 0 Å². The molecule has 0 saturated heterocycles. The van der Waals surface area contributed by atoms with E-state index in [0.717, 1.165) is 33.8 Å². The van der Waals surface area contributed by atoms with Crippen LogP contribution in [0, 0.1) is 0 Å². The molecule has 0 fully saturated rings. The first-order chi connectivity index (χ1) is 13.8. The molecule has 0 bridgehead atoms. The van der Waals surface area contributed by atoms with Gasteiger partial charge in [-0.1, -0.05) is 11.3 Å². The first kappa shape index (κ1) is 16.3. The van der Waals surface area contributed by atoms with Crippen molar-refractivity contribution in [3.63, 3.8) is 0 Å². The minimum Gasteiger partial charge on any atom is -0.326 e. The fraction of sp³-hybridized carbons (Fsp3) is 0.105. The monoisotopic (exact) mass is 371 g/mol. The molecule has 0 aliphatic carbocycles. The van der Waals surface area contributed by atoms with Crippen LogP contribution in [0.5, 0.6) is 0 Å². The van der Waals surface area contributed by atoms with Gasteiger partial charge in [0, 0.05) is 43.1 Å². The van der Waals surface area contributed by atoms with Crippen LogP contribution in [0.15, 0.2) is 67.6 Å². The summed E-state index contributed by atoms with van der Waals surface area (Å²) in [7, 11) is 0. The third-order valence-electron chi connectivity index (χ3n) is 4.45. The van der Waals surface area contributed by atoms with Gasteiger partial charge in [0.2, 0.25) is 0 Å². The second-order valence-electron chi connectivity index (χ2n) is 6.42. The lowest BCUT2D eigenvalue weighted by Crippen LogP contribution is -2.00. The molecule has 0 saturated carbocycles. The van der Waals surface area contributed by atoms with E-state index in [4.69, 9.17) is 5.73 Å². The maximum atomic E-state index is 5.70. The van der Waals surface area contributed by atoms with Crippen LogP contribution in [-0.4, -0.2) is 39.1 Å². The Morgan fingerprint density at radius 3 is 2.89 bits per heavy atom. The number of nitrogens with zero attached hydrogens (tertiary/aromatic N) is 8. The van der Waals surface area contributed by atoms with Crippen LogP contribution in [0.1, 0.15) is 11.3 Å². The molecule has 5 aromatic heterocycles. The fourth-order valence-corrected chi connectivity index (χ4v) is 3.08. The minimum atomic E-state index is 0.502. The van der Waals surface area contributed by atoms with Crippen LogP contribution in [0.2, 0.25) is 0 Å². The van der Waals surface area contributed by atoms with Gasteiger partial charge in [0.15, 0.2) is 0 Å².